The van der Waals surface area contributed by atoms with Crippen molar-refractivity contribution in [1.82, 2.24) is 0 Å². The Bertz CT molecular complexity index is 134. The van der Waals surface area contributed by atoms with Crippen molar-refractivity contribution in [2.75, 3.05) is 0 Å². The van der Waals surface area contributed by atoms with Gasteiger partial charge in [-0.05, 0) is 0 Å². The van der Waals surface area contributed by atoms with E-state index in [9.17, 15) is 0 Å². The maximum atomic E-state index is 2.26. The highest BCUT2D eigenvalue weighted by Gasteiger charge is 1.83. The summed E-state index contributed by atoms with van der Waals surface area (Å²) in [7, 11) is 0. The van der Waals surface area contributed by atoms with E-state index in [1.165, 1.54) is 116 Å². The van der Waals surface area contributed by atoms with E-state index in [2.05, 4.69) is 55.4 Å². The Morgan fingerprint density at radius 3 is 0.500 bits per heavy atom. The lowest BCUT2D eigenvalue weighted by atomic mass is 10.1. The van der Waals surface area contributed by atoms with Gasteiger partial charge in [-0.1, -0.05) is 171 Å². The molecule has 164 valence electrons. The van der Waals surface area contributed by atoms with Crippen LogP contribution in [0.15, 0.2) is 0 Å². The molecule has 0 atom stereocenters. The van der Waals surface area contributed by atoms with Crippen LogP contribution in [0.25, 0.3) is 0 Å². The van der Waals surface area contributed by atoms with Crippen molar-refractivity contribution in [3.8, 4) is 0 Å². The third kappa shape index (κ3) is 64.8. The molecule has 26 heavy (non-hydrogen) atoms. The summed E-state index contributed by atoms with van der Waals surface area (Å²) in [6.45, 7) is 17.9. The molecule has 0 saturated heterocycles. The first kappa shape index (κ1) is 33.6. The molecule has 0 aromatic heterocycles. The molecule has 0 heterocycles. The van der Waals surface area contributed by atoms with Gasteiger partial charge in [-0.2, -0.15) is 0 Å². The van der Waals surface area contributed by atoms with Crippen molar-refractivity contribution < 1.29 is 0 Å². The minimum absolute atomic E-state index is 1.34. The minimum atomic E-state index is 1.34. The van der Waals surface area contributed by atoms with Gasteiger partial charge in [0.2, 0.25) is 0 Å². The van der Waals surface area contributed by atoms with Crippen LogP contribution in [0.3, 0.4) is 0 Å². The summed E-state index contributed by atoms with van der Waals surface area (Å²) >= 11 is 0. The molecule has 0 heteroatoms. The first-order valence-corrected chi connectivity index (χ1v) is 12.7. The van der Waals surface area contributed by atoms with Crippen LogP contribution in [0.5, 0.6) is 0 Å². The van der Waals surface area contributed by atoms with Gasteiger partial charge in [-0.3, -0.25) is 0 Å². The molecule has 0 aromatic rings. The van der Waals surface area contributed by atoms with E-state index in [1.54, 1.807) is 0 Å². The van der Waals surface area contributed by atoms with Gasteiger partial charge in [0.1, 0.15) is 0 Å². The standard InChI is InChI=1S/C8H18.C7H16.C6H14.C5H12/c1-3-5-7-8-6-4-2;1-3-5-7-6-4-2;1-3-5-6-4-2;1-3-5-4-2/h3-8H2,1-2H3;3-7H2,1-2H3;3-6H2,1-2H3;3-5H2,1-2H3. The molecule has 0 amide bonds. The summed E-state index contributed by atoms with van der Waals surface area (Å²) in [4.78, 5) is 0. The van der Waals surface area contributed by atoms with E-state index >= 15 is 0 Å². The molecule has 0 nitrogen and oxygen atoms in total. The molecule has 0 aliphatic heterocycles. The van der Waals surface area contributed by atoms with Gasteiger partial charge in [0.15, 0.2) is 0 Å². The summed E-state index contributed by atoms with van der Waals surface area (Å²) in [6, 6.07) is 0. The van der Waals surface area contributed by atoms with Crippen molar-refractivity contribution in [2.45, 2.75) is 171 Å². The normalized spacial score (nSPS) is 9.23. The Labute approximate surface area is 171 Å². The van der Waals surface area contributed by atoms with E-state index in [0.717, 1.165) is 0 Å². The molecular weight excluding hydrogens is 312 g/mol. The van der Waals surface area contributed by atoms with Crippen LogP contribution >= 0.6 is 0 Å². The number of unbranched alkanes of at least 4 members (excludes halogenated alkanes) is 14. The van der Waals surface area contributed by atoms with E-state index in [1.807, 2.05) is 0 Å². The molecule has 0 aliphatic carbocycles. The highest BCUT2D eigenvalue weighted by molar-refractivity contribution is 4.39. The Hall–Kier alpha value is 0. The fraction of sp³-hybridized carbons (Fsp3) is 1.00. The van der Waals surface area contributed by atoms with Gasteiger partial charge in [0, 0.05) is 0 Å². The van der Waals surface area contributed by atoms with Crippen LogP contribution in [0.2, 0.25) is 0 Å². The smallest absolute Gasteiger partial charge is 0.0533 e. The maximum absolute atomic E-state index is 2.26. The SMILES string of the molecule is CCCCC.CCCCCC.CCCCCCC.CCCCCCCC. The largest absolute Gasteiger partial charge is 0.0654 e. The van der Waals surface area contributed by atoms with E-state index in [-0.39, 0.29) is 0 Å². The van der Waals surface area contributed by atoms with Crippen molar-refractivity contribution >= 4 is 0 Å². The van der Waals surface area contributed by atoms with Crippen molar-refractivity contribution in [2.24, 2.45) is 0 Å². The molecule has 0 saturated carbocycles. The summed E-state index contributed by atoms with van der Waals surface area (Å²) in [5, 5.41) is 0. The first-order valence-electron chi connectivity index (χ1n) is 12.7. The summed E-state index contributed by atoms with van der Waals surface area (Å²) in [6.07, 6.45) is 25.1. The zero-order valence-corrected chi connectivity index (χ0v) is 20.7. The zero-order valence-electron chi connectivity index (χ0n) is 20.7. The van der Waals surface area contributed by atoms with Gasteiger partial charge >= 0.3 is 0 Å². The zero-order chi connectivity index (χ0) is 20.7. The summed E-state index contributed by atoms with van der Waals surface area (Å²) in [5.41, 5.74) is 0. The van der Waals surface area contributed by atoms with Crippen LogP contribution in [-0.4, -0.2) is 0 Å². The van der Waals surface area contributed by atoms with E-state index < -0.39 is 0 Å². The van der Waals surface area contributed by atoms with Crippen molar-refractivity contribution in [3.63, 3.8) is 0 Å². The second-order valence-corrected chi connectivity index (χ2v) is 7.54. The Balaban J connectivity index is -0.000000126. The Morgan fingerprint density at radius 2 is 0.346 bits per heavy atom. The van der Waals surface area contributed by atoms with Crippen molar-refractivity contribution in [1.29, 1.82) is 0 Å². The molecule has 0 bridgehead atoms. The third-order valence-corrected chi connectivity index (χ3v) is 4.33. The fourth-order valence-electron chi connectivity index (χ4n) is 2.38. The molecule has 0 radical (unpaired) electrons. The highest BCUT2D eigenvalue weighted by Crippen LogP contribution is 2.03. The average Bonchev–Trinajstić information content (AvgIpc) is 2.66. The molecule has 0 fully saturated rings. The van der Waals surface area contributed by atoms with Gasteiger partial charge in [-0.25, -0.2) is 0 Å². The third-order valence-electron chi connectivity index (χ3n) is 4.33. The Morgan fingerprint density at radius 1 is 0.192 bits per heavy atom. The van der Waals surface area contributed by atoms with Gasteiger partial charge < -0.3 is 0 Å². The Kier molecular flexibility index (Phi) is 57.4. The topological polar surface area (TPSA) is 0 Å². The molecule has 0 N–H and O–H groups in total. The maximum Gasteiger partial charge on any atom is -0.0533 e. The van der Waals surface area contributed by atoms with Crippen LogP contribution < -0.4 is 0 Å². The van der Waals surface area contributed by atoms with Crippen molar-refractivity contribution in [3.05, 3.63) is 0 Å². The predicted molar refractivity (Wildman–Crippen MR) is 128 cm³/mol. The van der Waals surface area contributed by atoms with Crippen LogP contribution in [0, 0.1) is 0 Å². The highest BCUT2D eigenvalue weighted by atomic mass is 13.9. The average molecular weight is 373 g/mol. The molecule has 0 aromatic carbocycles. The first-order chi connectivity index (χ1) is 12.7. The lowest BCUT2D eigenvalue weighted by Crippen LogP contribution is -1.73. The second-order valence-electron chi connectivity index (χ2n) is 7.54. The molecule has 0 unspecified atom stereocenters. The molecular formula is C26H60. The van der Waals surface area contributed by atoms with Crippen LogP contribution in [0.1, 0.15) is 171 Å². The lowest BCUT2D eigenvalue weighted by molar-refractivity contribution is 0.624. The summed E-state index contributed by atoms with van der Waals surface area (Å²) < 4.78 is 0. The molecule has 0 rings (SSSR count). The summed E-state index contributed by atoms with van der Waals surface area (Å²) in [5.74, 6) is 0. The molecule has 0 aliphatic rings. The van der Waals surface area contributed by atoms with E-state index in [4.69, 9.17) is 0 Å². The second kappa shape index (κ2) is 44.4. The minimum Gasteiger partial charge on any atom is -0.0654 e. The predicted octanol–water partition coefficient (Wildman–Crippen LogP) is 11.1. The van der Waals surface area contributed by atoms with Crippen LogP contribution in [-0.2, 0) is 0 Å². The number of hydrogen-bond donors (Lipinski definition) is 0. The monoisotopic (exact) mass is 372 g/mol. The van der Waals surface area contributed by atoms with Crippen LogP contribution in [0.4, 0.5) is 0 Å². The van der Waals surface area contributed by atoms with Gasteiger partial charge in [-0.15, -0.1) is 0 Å². The quantitative estimate of drug-likeness (QED) is 0.266. The van der Waals surface area contributed by atoms with Gasteiger partial charge in [0.25, 0.3) is 0 Å². The lowest BCUT2D eigenvalue weighted by Gasteiger charge is -1.93. The van der Waals surface area contributed by atoms with E-state index in [0.29, 0.717) is 0 Å². The number of hydrogen-bond acceptors (Lipinski definition) is 0. The fourth-order valence-corrected chi connectivity index (χ4v) is 2.38. The molecule has 0 spiro atoms. The number of rotatable bonds is 14. The van der Waals surface area contributed by atoms with Gasteiger partial charge in [0.05, 0.1) is 0 Å².